The summed E-state index contributed by atoms with van der Waals surface area (Å²) in [6.45, 7) is 15.1. The van der Waals surface area contributed by atoms with Crippen LogP contribution in [-0.4, -0.2) is 86.9 Å². The molecule has 14 nitrogen and oxygen atoms in total. The van der Waals surface area contributed by atoms with Gasteiger partial charge in [0.05, 0.1) is 12.4 Å². The molecule has 0 saturated carbocycles. The molecule has 1 aromatic heterocycles. The lowest BCUT2D eigenvalue weighted by Gasteiger charge is -2.27. The molecule has 0 radical (unpaired) electrons. The van der Waals surface area contributed by atoms with Crippen LogP contribution in [0, 0.1) is 0 Å². The van der Waals surface area contributed by atoms with Crippen molar-refractivity contribution in [3.8, 4) is 0 Å². The van der Waals surface area contributed by atoms with E-state index in [1.54, 1.807) is 68.5 Å². The number of aromatic nitrogens is 3. The second-order valence-corrected chi connectivity index (χ2v) is 14.0. The van der Waals surface area contributed by atoms with Crippen molar-refractivity contribution in [2.45, 2.75) is 143 Å². The van der Waals surface area contributed by atoms with Crippen molar-refractivity contribution in [2.75, 3.05) is 13.2 Å². The largest absolute Gasteiger partial charge is 0.460 e. The fourth-order valence-corrected chi connectivity index (χ4v) is 3.94. The van der Waals surface area contributed by atoms with Gasteiger partial charge in [-0.05, 0) is 101 Å². The summed E-state index contributed by atoms with van der Waals surface area (Å²) in [4.78, 5) is 63.5. The third-order valence-corrected chi connectivity index (χ3v) is 5.75. The van der Waals surface area contributed by atoms with Gasteiger partial charge in [-0.15, -0.1) is 5.10 Å². The van der Waals surface area contributed by atoms with Crippen molar-refractivity contribution < 1.29 is 42.6 Å². The second kappa shape index (κ2) is 18.4. The maximum atomic E-state index is 13.0. The van der Waals surface area contributed by atoms with Crippen LogP contribution >= 0.6 is 0 Å². The van der Waals surface area contributed by atoms with Crippen molar-refractivity contribution in [3.63, 3.8) is 0 Å². The first-order valence-electron chi connectivity index (χ1n) is 15.6. The molecule has 0 unspecified atom stereocenters. The molecule has 0 bridgehead atoms. The Morgan fingerprint density at radius 2 is 1.35 bits per heavy atom. The van der Waals surface area contributed by atoms with Crippen LogP contribution in [0.5, 0.6) is 0 Å². The normalized spacial score (nSPS) is 13.3. The molecule has 0 fully saturated rings. The number of aryl methyl sites for hydroxylation is 1. The fourth-order valence-electron chi connectivity index (χ4n) is 3.94. The molecule has 0 aliphatic rings. The highest BCUT2D eigenvalue weighted by Gasteiger charge is 2.31. The minimum atomic E-state index is -1.19. The Morgan fingerprint density at radius 1 is 0.804 bits per heavy atom. The molecule has 0 aliphatic heterocycles. The third-order valence-electron chi connectivity index (χ3n) is 5.75. The summed E-state index contributed by atoms with van der Waals surface area (Å²) in [5.74, 6) is -2.23. The lowest BCUT2D eigenvalue weighted by molar-refractivity contribution is -0.159. The molecule has 0 spiro atoms. The zero-order valence-corrected chi connectivity index (χ0v) is 28.8. The Balaban J connectivity index is 2.78. The second-order valence-electron chi connectivity index (χ2n) is 14.0. The molecule has 262 valence electrons. The highest BCUT2D eigenvalue weighted by atomic mass is 19.1. The summed E-state index contributed by atoms with van der Waals surface area (Å²) >= 11 is 0. The number of alkyl halides is 1. The van der Waals surface area contributed by atoms with Gasteiger partial charge in [0.25, 0.3) is 0 Å². The zero-order valence-electron chi connectivity index (χ0n) is 28.8. The number of unbranched alkanes of at least 4 members (excludes halogenated alkanes) is 1. The molecule has 1 rings (SSSR count). The van der Waals surface area contributed by atoms with Crippen LogP contribution < -0.4 is 16.0 Å². The number of urea groups is 1. The Kier molecular flexibility index (Phi) is 16.1. The number of rotatable bonds is 17. The molecule has 1 aromatic rings. The minimum absolute atomic E-state index is 0.0440. The average molecular weight is 657 g/mol. The standard InChI is InChI=1S/C31H53FN6O8/c1-29(2,3)44-25(40)16-15-23(27(42)46-31(7,8)9)35-28(43)34-22(26(41)45-30(4,5)6)14-10-11-18-33-24(39)20-38-19-21(36-37-38)13-12-17-32/h19,22-23H,10-18,20H2,1-9H3,(H,33,39)(H2,34,35,43)/t22-,23+/m1/s1. The topological polar surface area (TPSA) is 180 Å². The van der Waals surface area contributed by atoms with Gasteiger partial charge >= 0.3 is 23.9 Å². The van der Waals surface area contributed by atoms with Crippen LogP contribution in [0.1, 0.15) is 107 Å². The van der Waals surface area contributed by atoms with Crippen molar-refractivity contribution in [1.82, 2.24) is 30.9 Å². The van der Waals surface area contributed by atoms with E-state index in [2.05, 4.69) is 26.3 Å². The van der Waals surface area contributed by atoms with Gasteiger partial charge in [-0.25, -0.2) is 19.1 Å². The number of halogens is 1. The number of nitrogens with one attached hydrogen (secondary N) is 3. The van der Waals surface area contributed by atoms with Crippen molar-refractivity contribution in [1.29, 1.82) is 0 Å². The molecular formula is C31H53FN6O8. The average Bonchev–Trinajstić information content (AvgIpc) is 3.32. The van der Waals surface area contributed by atoms with E-state index in [1.807, 2.05) is 0 Å². The van der Waals surface area contributed by atoms with Gasteiger partial charge in [0, 0.05) is 19.2 Å². The summed E-state index contributed by atoms with van der Waals surface area (Å²) in [5.41, 5.74) is -1.77. The summed E-state index contributed by atoms with van der Waals surface area (Å²) in [7, 11) is 0. The SMILES string of the molecule is CC(C)(C)OC(=O)CC[C@H](NC(=O)N[C@H](CCCCNC(=O)Cn1cc(CCCF)nn1)C(=O)OC(C)(C)C)C(=O)OC(C)(C)C. The summed E-state index contributed by atoms with van der Waals surface area (Å²) < 4.78 is 30.0. The van der Waals surface area contributed by atoms with Crippen molar-refractivity contribution >= 4 is 29.8 Å². The summed E-state index contributed by atoms with van der Waals surface area (Å²) in [5, 5.41) is 15.7. The Hall–Kier alpha value is -3.78. The predicted octanol–water partition coefficient (Wildman–Crippen LogP) is 3.31. The number of esters is 3. The molecule has 3 amide bonds. The van der Waals surface area contributed by atoms with Crippen LogP contribution in [0.15, 0.2) is 6.20 Å². The first-order valence-corrected chi connectivity index (χ1v) is 15.6. The van der Waals surface area contributed by atoms with E-state index in [0.29, 0.717) is 37.9 Å². The number of ether oxygens (including phenoxy) is 3. The van der Waals surface area contributed by atoms with Crippen molar-refractivity contribution in [3.05, 3.63) is 11.9 Å². The van der Waals surface area contributed by atoms with Gasteiger partial charge < -0.3 is 30.2 Å². The van der Waals surface area contributed by atoms with Gasteiger partial charge in [-0.1, -0.05) is 5.21 Å². The van der Waals surface area contributed by atoms with E-state index in [1.165, 1.54) is 4.68 Å². The molecule has 1 heterocycles. The first kappa shape index (κ1) is 40.2. The Morgan fingerprint density at radius 3 is 1.87 bits per heavy atom. The maximum Gasteiger partial charge on any atom is 0.329 e. The molecule has 2 atom stereocenters. The lowest BCUT2D eigenvalue weighted by atomic mass is 10.1. The van der Waals surface area contributed by atoms with Crippen LogP contribution in [0.2, 0.25) is 0 Å². The third kappa shape index (κ3) is 18.9. The lowest BCUT2D eigenvalue weighted by Crippen LogP contribution is -2.53. The molecule has 0 aromatic carbocycles. The number of nitrogens with zero attached hydrogens (tertiary/aromatic N) is 3. The monoisotopic (exact) mass is 656 g/mol. The predicted molar refractivity (Wildman–Crippen MR) is 167 cm³/mol. The highest BCUT2D eigenvalue weighted by molar-refractivity contribution is 5.87. The van der Waals surface area contributed by atoms with Crippen LogP contribution in [-0.2, 0) is 46.4 Å². The fraction of sp³-hybridized carbons (Fsp3) is 0.774. The van der Waals surface area contributed by atoms with Gasteiger partial charge in [-0.2, -0.15) is 0 Å². The molecule has 0 saturated heterocycles. The van der Waals surface area contributed by atoms with Crippen molar-refractivity contribution in [2.24, 2.45) is 0 Å². The van der Waals surface area contributed by atoms with E-state index >= 15 is 0 Å². The number of hydrogen-bond acceptors (Lipinski definition) is 10. The van der Waals surface area contributed by atoms with Crippen LogP contribution in [0.4, 0.5) is 9.18 Å². The Labute approximate surface area is 271 Å². The van der Waals surface area contributed by atoms with E-state index in [9.17, 15) is 28.4 Å². The number of carbonyl (C=O) groups excluding carboxylic acids is 5. The number of amides is 3. The summed E-state index contributed by atoms with van der Waals surface area (Å²) in [6.07, 6.45) is 3.26. The summed E-state index contributed by atoms with van der Waals surface area (Å²) in [6, 6.07) is -3.06. The smallest absolute Gasteiger partial charge is 0.329 e. The zero-order chi connectivity index (χ0) is 35.1. The van der Waals surface area contributed by atoms with Crippen LogP contribution in [0.3, 0.4) is 0 Å². The van der Waals surface area contributed by atoms with E-state index < -0.39 is 59.5 Å². The molecule has 15 heteroatoms. The number of hydrogen-bond donors (Lipinski definition) is 3. The van der Waals surface area contributed by atoms with E-state index in [4.69, 9.17) is 14.2 Å². The Bertz CT molecular complexity index is 1150. The van der Waals surface area contributed by atoms with Gasteiger partial charge in [0.1, 0.15) is 35.4 Å². The maximum absolute atomic E-state index is 13.0. The minimum Gasteiger partial charge on any atom is -0.460 e. The molecule has 0 aliphatic carbocycles. The van der Waals surface area contributed by atoms with Crippen LogP contribution in [0.25, 0.3) is 0 Å². The van der Waals surface area contributed by atoms with Gasteiger partial charge in [-0.3, -0.25) is 14.0 Å². The first-order chi connectivity index (χ1) is 21.2. The molecule has 46 heavy (non-hydrogen) atoms. The van der Waals surface area contributed by atoms with Gasteiger partial charge in [0.2, 0.25) is 5.91 Å². The highest BCUT2D eigenvalue weighted by Crippen LogP contribution is 2.15. The number of carbonyl (C=O) groups is 5. The molecule has 3 N–H and O–H groups in total. The quantitative estimate of drug-likeness (QED) is 0.128. The van der Waals surface area contributed by atoms with E-state index in [0.717, 1.165) is 0 Å². The molecular weight excluding hydrogens is 603 g/mol. The van der Waals surface area contributed by atoms with Gasteiger partial charge in [0.15, 0.2) is 0 Å². The van der Waals surface area contributed by atoms with E-state index in [-0.39, 0.29) is 31.7 Å².